The first-order valence-electron chi connectivity index (χ1n) is 7.88. The van der Waals surface area contributed by atoms with Crippen molar-refractivity contribution < 1.29 is 13.5 Å². The van der Waals surface area contributed by atoms with Crippen molar-refractivity contribution in [3.63, 3.8) is 0 Å². The largest absolute Gasteiger partial charge is 0.394 e. The molecule has 2 rings (SSSR count). The molecule has 1 aliphatic heterocycles. The van der Waals surface area contributed by atoms with Gasteiger partial charge in [0.2, 0.25) is 10.0 Å². The third-order valence-electron chi connectivity index (χ3n) is 5.33. The van der Waals surface area contributed by atoms with Crippen molar-refractivity contribution in [1.82, 2.24) is 14.5 Å². The quantitative estimate of drug-likeness (QED) is 0.703. The molecule has 0 amide bonds. The Labute approximate surface area is 128 Å². The Morgan fingerprint density at radius 1 is 1.29 bits per heavy atom. The molecular weight excluding hydrogens is 290 g/mol. The molecule has 2 aliphatic rings. The zero-order valence-corrected chi connectivity index (χ0v) is 14.0. The van der Waals surface area contributed by atoms with Gasteiger partial charge >= 0.3 is 0 Å². The Morgan fingerprint density at radius 3 is 2.48 bits per heavy atom. The van der Waals surface area contributed by atoms with Gasteiger partial charge in [-0.2, -0.15) is 4.31 Å². The van der Waals surface area contributed by atoms with Gasteiger partial charge in [0, 0.05) is 31.7 Å². The van der Waals surface area contributed by atoms with E-state index in [0.29, 0.717) is 19.0 Å². The van der Waals surface area contributed by atoms with E-state index in [1.54, 1.807) is 4.31 Å². The van der Waals surface area contributed by atoms with Crippen molar-refractivity contribution in [2.75, 3.05) is 52.6 Å². The summed E-state index contributed by atoms with van der Waals surface area (Å²) in [5.74, 6) is 0.514. The van der Waals surface area contributed by atoms with E-state index in [1.807, 2.05) is 7.05 Å². The molecule has 7 heteroatoms. The van der Waals surface area contributed by atoms with Gasteiger partial charge < -0.3 is 15.3 Å². The molecule has 124 valence electrons. The number of sulfonamides is 1. The molecule has 6 nitrogen and oxygen atoms in total. The predicted molar refractivity (Wildman–Crippen MR) is 83.7 cm³/mol. The van der Waals surface area contributed by atoms with Crippen molar-refractivity contribution in [3.05, 3.63) is 0 Å². The Balaban J connectivity index is 1.80. The van der Waals surface area contributed by atoms with Crippen molar-refractivity contribution in [2.24, 2.45) is 5.92 Å². The maximum atomic E-state index is 11.5. The lowest BCUT2D eigenvalue weighted by Crippen LogP contribution is -2.51. The zero-order chi connectivity index (χ0) is 15.5. The summed E-state index contributed by atoms with van der Waals surface area (Å²) in [6, 6.07) is 0. The molecule has 1 saturated heterocycles. The second-order valence-corrected chi connectivity index (χ2v) is 8.43. The number of aliphatic hydroxyl groups excluding tert-OH is 1. The minimum absolute atomic E-state index is 0.103. The van der Waals surface area contributed by atoms with E-state index in [9.17, 15) is 13.5 Å². The maximum absolute atomic E-state index is 11.5. The second-order valence-electron chi connectivity index (χ2n) is 6.45. The van der Waals surface area contributed by atoms with Crippen LogP contribution in [0, 0.1) is 5.92 Å². The van der Waals surface area contributed by atoms with Gasteiger partial charge in [0.15, 0.2) is 0 Å². The third kappa shape index (κ3) is 3.96. The predicted octanol–water partition coefficient (Wildman–Crippen LogP) is -0.296. The highest BCUT2D eigenvalue weighted by atomic mass is 32.2. The van der Waals surface area contributed by atoms with E-state index < -0.39 is 10.0 Å². The van der Waals surface area contributed by atoms with Gasteiger partial charge in [0.05, 0.1) is 12.9 Å². The van der Waals surface area contributed by atoms with Gasteiger partial charge in [-0.25, -0.2) is 8.42 Å². The number of nitrogens with zero attached hydrogens (tertiary/aromatic N) is 2. The average molecular weight is 319 g/mol. The number of piperazine rings is 1. The molecule has 0 aromatic rings. The van der Waals surface area contributed by atoms with Gasteiger partial charge in [-0.1, -0.05) is 6.42 Å². The summed E-state index contributed by atoms with van der Waals surface area (Å²) in [5, 5.41) is 13.0. The number of hydrogen-bond donors (Lipinski definition) is 2. The van der Waals surface area contributed by atoms with Crippen molar-refractivity contribution in [1.29, 1.82) is 0 Å². The molecule has 1 aliphatic carbocycles. The summed E-state index contributed by atoms with van der Waals surface area (Å²) in [4.78, 5) is 2.35. The molecule has 2 fully saturated rings. The lowest BCUT2D eigenvalue weighted by molar-refractivity contribution is 0.111. The van der Waals surface area contributed by atoms with Crippen LogP contribution in [0.4, 0.5) is 0 Å². The summed E-state index contributed by atoms with van der Waals surface area (Å²) < 4.78 is 24.5. The summed E-state index contributed by atoms with van der Waals surface area (Å²) in [6.07, 6.45) is 5.75. The fourth-order valence-corrected chi connectivity index (χ4v) is 4.63. The summed E-state index contributed by atoms with van der Waals surface area (Å²) >= 11 is 0. The Hall–Kier alpha value is -0.210. The number of nitrogens with one attached hydrogen (secondary N) is 1. The molecule has 2 atom stereocenters. The summed E-state index contributed by atoms with van der Waals surface area (Å²) in [6.45, 7) is 4.01. The van der Waals surface area contributed by atoms with Crippen LogP contribution >= 0.6 is 0 Å². The van der Waals surface area contributed by atoms with E-state index >= 15 is 0 Å². The van der Waals surface area contributed by atoms with Gasteiger partial charge in [0.1, 0.15) is 0 Å². The maximum Gasteiger partial charge on any atom is 0.211 e. The van der Waals surface area contributed by atoms with E-state index in [0.717, 1.165) is 32.5 Å². The first kappa shape index (κ1) is 17.1. The number of rotatable bonds is 6. The van der Waals surface area contributed by atoms with Crippen molar-refractivity contribution >= 4 is 10.0 Å². The topological polar surface area (TPSA) is 72.9 Å². The molecule has 0 aromatic heterocycles. The number of hydrogen-bond acceptors (Lipinski definition) is 5. The summed E-state index contributed by atoms with van der Waals surface area (Å²) in [5.41, 5.74) is -0.103. The number of likely N-dealkylation sites (N-methyl/N-ethyl adjacent to an activating group) is 1. The fraction of sp³-hybridized carbons (Fsp3) is 1.00. The highest BCUT2D eigenvalue weighted by Crippen LogP contribution is 2.37. The van der Waals surface area contributed by atoms with Crippen LogP contribution in [0.2, 0.25) is 0 Å². The van der Waals surface area contributed by atoms with Crippen LogP contribution in [-0.4, -0.2) is 80.9 Å². The highest BCUT2D eigenvalue weighted by molar-refractivity contribution is 7.88. The molecule has 0 bridgehead atoms. The lowest BCUT2D eigenvalue weighted by atomic mass is 9.85. The van der Waals surface area contributed by atoms with Crippen LogP contribution in [0.5, 0.6) is 0 Å². The fourth-order valence-electron chi connectivity index (χ4n) is 3.80. The van der Waals surface area contributed by atoms with E-state index in [-0.39, 0.29) is 12.1 Å². The summed E-state index contributed by atoms with van der Waals surface area (Å²) in [7, 11) is -1.10. The average Bonchev–Trinajstić information content (AvgIpc) is 2.88. The normalized spacial score (nSPS) is 32.6. The minimum Gasteiger partial charge on any atom is -0.394 e. The molecular formula is C14H29N3O3S. The minimum atomic E-state index is -3.04. The third-order valence-corrected chi connectivity index (χ3v) is 6.63. The molecule has 0 radical (unpaired) electrons. The van der Waals surface area contributed by atoms with E-state index in [1.165, 1.54) is 19.1 Å². The van der Waals surface area contributed by atoms with Crippen LogP contribution in [0.3, 0.4) is 0 Å². The lowest BCUT2D eigenvalue weighted by Gasteiger charge is -2.37. The van der Waals surface area contributed by atoms with E-state index in [4.69, 9.17) is 0 Å². The van der Waals surface area contributed by atoms with Gasteiger partial charge in [-0.3, -0.25) is 0 Å². The zero-order valence-electron chi connectivity index (χ0n) is 13.2. The molecule has 0 spiro atoms. The van der Waals surface area contributed by atoms with Gasteiger partial charge in [0.25, 0.3) is 0 Å². The van der Waals surface area contributed by atoms with Gasteiger partial charge in [-0.15, -0.1) is 0 Å². The molecule has 2 N–H and O–H groups in total. The first-order valence-corrected chi connectivity index (χ1v) is 9.73. The highest BCUT2D eigenvalue weighted by Gasteiger charge is 2.40. The molecule has 21 heavy (non-hydrogen) atoms. The van der Waals surface area contributed by atoms with Crippen molar-refractivity contribution in [3.8, 4) is 0 Å². The van der Waals surface area contributed by atoms with Crippen LogP contribution in [0.1, 0.15) is 25.7 Å². The molecule has 0 aromatic carbocycles. The smallest absolute Gasteiger partial charge is 0.211 e. The standard InChI is InChI=1S/C14H29N3O3S/c1-15-14(12-18)6-3-4-13(14)5-7-16-8-10-17(11-9-16)21(2,19)20/h13,15,18H,3-12H2,1-2H3. The Kier molecular flexibility index (Phi) is 5.65. The second kappa shape index (κ2) is 6.91. The van der Waals surface area contributed by atoms with Crippen LogP contribution in [0.25, 0.3) is 0 Å². The van der Waals surface area contributed by atoms with Gasteiger partial charge in [-0.05, 0) is 38.8 Å². The molecule has 1 saturated carbocycles. The van der Waals surface area contributed by atoms with Crippen molar-refractivity contribution in [2.45, 2.75) is 31.2 Å². The molecule has 2 unspecified atom stereocenters. The first-order chi connectivity index (χ1) is 9.91. The Morgan fingerprint density at radius 2 is 1.95 bits per heavy atom. The van der Waals surface area contributed by atoms with Crippen LogP contribution in [0.15, 0.2) is 0 Å². The van der Waals surface area contributed by atoms with Crippen LogP contribution < -0.4 is 5.32 Å². The molecule has 1 heterocycles. The number of aliphatic hydroxyl groups is 1. The van der Waals surface area contributed by atoms with Crippen LogP contribution in [-0.2, 0) is 10.0 Å². The Bertz CT molecular complexity index is 429. The monoisotopic (exact) mass is 319 g/mol. The van der Waals surface area contributed by atoms with E-state index in [2.05, 4.69) is 10.2 Å². The SMILES string of the molecule is CNC1(CO)CCCC1CCN1CCN(S(C)(=O)=O)CC1.